The Bertz CT molecular complexity index is 770. The van der Waals surface area contributed by atoms with E-state index in [9.17, 15) is 14.7 Å². The van der Waals surface area contributed by atoms with Crippen molar-refractivity contribution in [3.8, 4) is 0 Å². The fourth-order valence-electron chi connectivity index (χ4n) is 3.17. The number of nitrogens with one attached hydrogen (secondary N) is 1. The summed E-state index contributed by atoms with van der Waals surface area (Å²) in [5, 5.41) is 14.4. The summed E-state index contributed by atoms with van der Waals surface area (Å²) in [7, 11) is 11.5. The van der Waals surface area contributed by atoms with Gasteiger partial charge in [0.05, 0.1) is 109 Å². The molecule has 48 heavy (non-hydrogen) atoms. The molecular formula is C28H55N3O11S6. The fourth-order valence-corrected chi connectivity index (χ4v) is 10.7. The number of carboxylic acid groups (broad SMARTS) is 1. The molecule has 4 N–H and O–H groups in total. The monoisotopic (exact) mass is 801 g/mol. The topological polar surface area (TPSA) is 179 Å². The Morgan fingerprint density at radius 3 is 1.60 bits per heavy atom. The minimum atomic E-state index is -1.00. The average Bonchev–Trinajstić information content (AvgIpc) is 3.07. The van der Waals surface area contributed by atoms with Crippen molar-refractivity contribution in [2.45, 2.75) is 31.7 Å². The van der Waals surface area contributed by atoms with Gasteiger partial charge in [0.15, 0.2) is 5.17 Å². The molecule has 0 rings (SSSR count). The Kier molecular flexibility index (Phi) is 40.1. The first-order valence-corrected chi connectivity index (χ1v) is 23.1. The van der Waals surface area contributed by atoms with Gasteiger partial charge >= 0.3 is 5.97 Å². The highest BCUT2D eigenvalue weighted by atomic mass is 33.2. The minimum absolute atomic E-state index is 0.115. The molecule has 0 fully saturated rings. The maximum Gasteiger partial charge on any atom is 0.328 e. The van der Waals surface area contributed by atoms with E-state index < -0.39 is 12.0 Å². The largest absolute Gasteiger partial charge is 0.480 e. The number of hydrogen-bond acceptors (Lipinski definition) is 17. The quantitative estimate of drug-likeness (QED) is 0.0269. The van der Waals surface area contributed by atoms with Crippen LogP contribution in [0.25, 0.3) is 0 Å². The van der Waals surface area contributed by atoms with Crippen LogP contribution in [0.1, 0.15) is 25.7 Å². The number of amidine groups is 1. The number of rotatable bonds is 38. The fraction of sp³-hybridized carbons (Fsp3) is 0.893. The molecule has 14 nitrogen and oxygen atoms in total. The van der Waals surface area contributed by atoms with E-state index in [1.165, 1.54) is 10.8 Å². The van der Waals surface area contributed by atoms with Gasteiger partial charge in [0, 0.05) is 20.1 Å². The highest BCUT2D eigenvalue weighted by Crippen LogP contribution is 2.36. The molecule has 0 saturated carbocycles. The van der Waals surface area contributed by atoms with E-state index in [-0.39, 0.29) is 17.5 Å². The molecule has 0 aromatic rings. The molecule has 20 heteroatoms. The molecule has 0 aromatic heterocycles. The number of ether oxygens (including phenoxy) is 8. The first-order chi connectivity index (χ1) is 23.5. The zero-order valence-electron chi connectivity index (χ0n) is 28.1. The Labute approximate surface area is 309 Å². The van der Waals surface area contributed by atoms with Crippen molar-refractivity contribution >= 4 is 81.8 Å². The van der Waals surface area contributed by atoms with Gasteiger partial charge in [0.2, 0.25) is 5.91 Å². The number of carbonyl (C=O) groups excluding carboxylic acids is 1. The Balaban J connectivity index is 3.48. The van der Waals surface area contributed by atoms with Crippen LogP contribution in [-0.2, 0) is 47.5 Å². The van der Waals surface area contributed by atoms with Gasteiger partial charge < -0.3 is 54.1 Å². The van der Waals surface area contributed by atoms with Crippen molar-refractivity contribution < 1.29 is 52.6 Å². The summed E-state index contributed by atoms with van der Waals surface area (Å²) >= 11 is 0. The van der Waals surface area contributed by atoms with Crippen LogP contribution in [0.3, 0.4) is 0 Å². The molecule has 1 amide bonds. The summed E-state index contributed by atoms with van der Waals surface area (Å²) in [6.45, 7) is 7.64. The molecule has 0 aliphatic heterocycles. The molecule has 0 bridgehead atoms. The molecule has 0 radical (unpaired) electrons. The molecule has 1 atom stereocenters. The van der Waals surface area contributed by atoms with Gasteiger partial charge in [-0.3, -0.25) is 4.79 Å². The SMILES string of the molecule is COCCOCCOCCOCCOCCOCCOCCOCCC(=O)NCCCC[C@H](N=C(N)SSCSSCSSC)C(=O)O. The third-order valence-electron chi connectivity index (χ3n) is 5.47. The van der Waals surface area contributed by atoms with Crippen molar-refractivity contribution in [3.05, 3.63) is 0 Å². The minimum Gasteiger partial charge on any atom is -0.480 e. The number of carbonyl (C=O) groups is 2. The van der Waals surface area contributed by atoms with Crippen molar-refractivity contribution in [2.75, 3.05) is 129 Å². The second kappa shape index (κ2) is 40.0. The molecule has 0 spiro atoms. The van der Waals surface area contributed by atoms with Gasteiger partial charge in [0.1, 0.15) is 6.04 Å². The van der Waals surface area contributed by atoms with Crippen LogP contribution in [0, 0.1) is 0 Å². The third-order valence-corrected chi connectivity index (χ3v) is 13.3. The molecule has 0 aliphatic carbocycles. The van der Waals surface area contributed by atoms with Crippen LogP contribution < -0.4 is 11.1 Å². The van der Waals surface area contributed by atoms with E-state index >= 15 is 0 Å². The van der Waals surface area contributed by atoms with E-state index in [4.69, 9.17) is 43.6 Å². The van der Waals surface area contributed by atoms with Crippen LogP contribution in [-0.4, -0.2) is 157 Å². The number of nitrogens with zero attached hydrogens (tertiary/aromatic N) is 1. The maximum atomic E-state index is 12.0. The molecule has 0 unspecified atom stereocenters. The molecule has 0 aromatic carbocycles. The molecule has 284 valence electrons. The van der Waals surface area contributed by atoms with Crippen molar-refractivity contribution in [3.63, 3.8) is 0 Å². The predicted octanol–water partition coefficient (Wildman–Crippen LogP) is 3.88. The lowest BCUT2D eigenvalue weighted by Gasteiger charge is -2.10. The number of aliphatic imine (C=N–C) groups is 1. The number of nitrogens with two attached hydrogens (primary N) is 1. The number of hydrogen-bond donors (Lipinski definition) is 3. The van der Waals surface area contributed by atoms with Gasteiger partial charge in [-0.2, -0.15) is 0 Å². The van der Waals surface area contributed by atoms with Crippen LogP contribution >= 0.6 is 64.8 Å². The van der Waals surface area contributed by atoms with Gasteiger partial charge in [-0.1, -0.05) is 54.0 Å². The number of unbranched alkanes of at least 4 members (excludes halogenated alkanes) is 1. The van der Waals surface area contributed by atoms with Crippen molar-refractivity contribution in [1.29, 1.82) is 0 Å². The Morgan fingerprint density at radius 1 is 0.688 bits per heavy atom. The van der Waals surface area contributed by atoms with Gasteiger partial charge in [-0.25, -0.2) is 9.79 Å². The molecule has 0 aliphatic rings. The van der Waals surface area contributed by atoms with Crippen molar-refractivity contribution in [1.82, 2.24) is 5.32 Å². The summed E-state index contributed by atoms with van der Waals surface area (Å²) in [5.74, 6) is -1.12. The van der Waals surface area contributed by atoms with E-state index in [0.29, 0.717) is 125 Å². The normalized spacial score (nSPS) is 12.4. The summed E-state index contributed by atoms with van der Waals surface area (Å²) < 4.78 is 42.8. The maximum absolute atomic E-state index is 12.0. The highest BCUT2D eigenvalue weighted by molar-refractivity contribution is 8.89. The molecule has 0 saturated heterocycles. The number of methoxy groups -OCH3 is 1. The van der Waals surface area contributed by atoms with E-state index in [1.54, 1.807) is 61.1 Å². The van der Waals surface area contributed by atoms with E-state index in [0.717, 1.165) is 10.2 Å². The van der Waals surface area contributed by atoms with Crippen LogP contribution in [0.5, 0.6) is 0 Å². The lowest BCUT2D eigenvalue weighted by molar-refractivity contribution is -0.138. The van der Waals surface area contributed by atoms with E-state index in [1.807, 2.05) is 6.26 Å². The zero-order chi connectivity index (χ0) is 35.2. The lowest BCUT2D eigenvalue weighted by atomic mass is 10.1. The highest BCUT2D eigenvalue weighted by Gasteiger charge is 2.16. The first kappa shape index (κ1) is 48.2. The summed E-state index contributed by atoms with van der Waals surface area (Å²) in [6.07, 6.45) is 3.90. The first-order valence-electron chi connectivity index (χ1n) is 15.6. The molecular weight excluding hydrogens is 747 g/mol. The van der Waals surface area contributed by atoms with Crippen LogP contribution in [0.15, 0.2) is 4.99 Å². The molecule has 0 heterocycles. The predicted molar refractivity (Wildman–Crippen MR) is 203 cm³/mol. The zero-order valence-corrected chi connectivity index (χ0v) is 33.0. The standard InChI is InChI=1S/C28H55N3O11S6/c1-35-9-10-37-13-14-39-17-18-41-21-22-42-20-19-40-16-15-38-12-11-36-8-6-26(32)30-7-4-3-5-25(27(33)34)31-28(29)48-47-24-46-45-23-44-43-2/h25H,3-24H2,1-2H3,(H2,29,31)(H,30,32)(H,33,34)/t25-/m0/s1. The number of carboxylic acids is 1. The van der Waals surface area contributed by atoms with Gasteiger partial charge in [-0.05, 0) is 36.3 Å². The third kappa shape index (κ3) is 37.4. The summed E-state index contributed by atoms with van der Waals surface area (Å²) in [5.41, 5.74) is 5.90. The number of aliphatic carboxylic acids is 1. The summed E-state index contributed by atoms with van der Waals surface area (Å²) in [4.78, 5) is 27.7. The van der Waals surface area contributed by atoms with E-state index in [2.05, 4.69) is 10.3 Å². The van der Waals surface area contributed by atoms with Gasteiger partial charge in [0.25, 0.3) is 0 Å². The van der Waals surface area contributed by atoms with Gasteiger partial charge in [-0.15, -0.1) is 0 Å². The lowest BCUT2D eigenvalue weighted by Crippen LogP contribution is -2.26. The smallest absolute Gasteiger partial charge is 0.328 e. The van der Waals surface area contributed by atoms with Crippen LogP contribution in [0.2, 0.25) is 0 Å². The second-order valence-electron chi connectivity index (χ2n) is 9.15. The second-order valence-corrected chi connectivity index (χ2v) is 17.2. The van der Waals surface area contributed by atoms with Crippen LogP contribution in [0.4, 0.5) is 0 Å². The van der Waals surface area contributed by atoms with Crippen molar-refractivity contribution in [2.24, 2.45) is 10.7 Å². The number of amides is 1. The Morgan fingerprint density at radius 2 is 1.15 bits per heavy atom. The average molecular weight is 802 g/mol. The Hall–Kier alpha value is 0.190. The summed E-state index contributed by atoms with van der Waals surface area (Å²) in [6, 6.07) is -0.888.